The van der Waals surface area contributed by atoms with Gasteiger partial charge in [0.15, 0.2) is 20.4 Å². The molecule has 1 aromatic carbocycles. The standard InChI is InChI=1S/C23H23F2N5O3S/c1-33-16-8-13-6-7-27-21(20(13)28-10-16)29-15-4-5-18(25)17(9-15)19-11-34(31,32)23(12-24,14-2-3-14)22(26)30-19/h4-10,14,19H,2-3,11-12H2,1H3,(H2,26,30)(H,27,29)/t19?,23-/m1/s1. The Balaban J connectivity index is 1.51. The van der Waals surface area contributed by atoms with Crippen molar-refractivity contribution >= 4 is 38.1 Å². The second kappa shape index (κ2) is 8.15. The third-order valence-electron chi connectivity index (χ3n) is 6.52. The van der Waals surface area contributed by atoms with Crippen LogP contribution in [0.15, 0.2) is 47.7 Å². The lowest BCUT2D eigenvalue weighted by Crippen LogP contribution is -2.58. The Kier molecular flexibility index (Phi) is 5.38. The van der Waals surface area contributed by atoms with Crippen LogP contribution in [0, 0.1) is 11.7 Å². The second-order valence-electron chi connectivity index (χ2n) is 8.58. The Labute approximate surface area is 195 Å². The minimum Gasteiger partial charge on any atom is -0.495 e. The summed E-state index contributed by atoms with van der Waals surface area (Å²) < 4.78 is 58.5. The Bertz CT molecular complexity index is 1410. The number of fused-ring (bicyclic) bond motifs is 1. The third-order valence-corrected chi connectivity index (χ3v) is 9.04. The number of hydrogen-bond acceptors (Lipinski definition) is 8. The molecule has 8 nitrogen and oxygen atoms in total. The number of halogens is 2. The number of nitrogens with two attached hydrogens (primary N) is 1. The number of aliphatic imine (C=N–C) groups is 1. The number of aromatic nitrogens is 2. The van der Waals surface area contributed by atoms with Crippen LogP contribution in [0.1, 0.15) is 24.4 Å². The lowest BCUT2D eigenvalue weighted by atomic mass is 10.0. The molecule has 2 aliphatic rings. The van der Waals surface area contributed by atoms with E-state index in [9.17, 15) is 17.2 Å². The molecule has 0 spiro atoms. The molecule has 2 atom stereocenters. The Morgan fingerprint density at radius 2 is 2.03 bits per heavy atom. The largest absolute Gasteiger partial charge is 0.495 e. The van der Waals surface area contributed by atoms with Gasteiger partial charge in [-0.25, -0.2) is 27.2 Å². The van der Waals surface area contributed by atoms with E-state index in [2.05, 4.69) is 20.3 Å². The van der Waals surface area contributed by atoms with Gasteiger partial charge in [-0.2, -0.15) is 0 Å². The molecule has 0 amide bonds. The molecule has 178 valence electrons. The van der Waals surface area contributed by atoms with E-state index >= 15 is 0 Å². The van der Waals surface area contributed by atoms with Gasteiger partial charge in [0, 0.05) is 22.8 Å². The summed E-state index contributed by atoms with van der Waals surface area (Å²) in [6, 6.07) is 6.71. The van der Waals surface area contributed by atoms with Crippen LogP contribution < -0.4 is 15.8 Å². The summed E-state index contributed by atoms with van der Waals surface area (Å²) in [7, 11) is -2.45. The molecule has 0 bridgehead atoms. The fraction of sp³-hybridized carbons (Fsp3) is 0.348. The second-order valence-corrected chi connectivity index (χ2v) is 10.9. The zero-order valence-electron chi connectivity index (χ0n) is 18.3. The van der Waals surface area contributed by atoms with Crippen LogP contribution in [-0.2, 0) is 9.84 Å². The van der Waals surface area contributed by atoms with Crippen LogP contribution in [-0.4, -0.2) is 48.5 Å². The first-order chi connectivity index (χ1) is 16.3. The van der Waals surface area contributed by atoms with Crippen molar-refractivity contribution in [3.8, 4) is 5.75 Å². The molecule has 1 fully saturated rings. The van der Waals surface area contributed by atoms with Gasteiger partial charge in [-0.15, -0.1) is 0 Å². The minimum absolute atomic E-state index is 0.0506. The first-order valence-electron chi connectivity index (χ1n) is 10.8. The number of rotatable bonds is 6. The zero-order chi connectivity index (χ0) is 24.1. The quantitative estimate of drug-likeness (QED) is 0.546. The van der Waals surface area contributed by atoms with Crippen LogP contribution in [0.5, 0.6) is 5.75 Å². The molecule has 3 N–H and O–H groups in total. The molecular formula is C23H23F2N5O3S. The number of nitrogens with one attached hydrogen (secondary N) is 1. The van der Waals surface area contributed by atoms with Gasteiger partial charge in [0.05, 0.1) is 25.1 Å². The monoisotopic (exact) mass is 487 g/mol. The maximum absolute atomic E-state index is 14.8. The van der Waals surface area contributed by atoms with Gasteiger partial charge < -0.3 is 15.8 Å². The summed E-state index contributed by atoms with van der Waals surface area (Å²) in [5.74, 6) is -0.771. The summed E-state index contributed by atoms with van der Waals surface area (Å²) >= 11 is 0. The van der Waals surface area contributed by atoms with Gasteiger partial charge in [-0.05, 0) is 49.1 Å². The number of benzene rings is 1. The van der Waals surface area contributed by atoms with Crippen molar-refractivity contribution in [2.45, 2.75) is 23.6 Å². The SMILES string of the molecule is COc1cnc2c(Nc3ccc(F)c(C4CS(=O)(=O)[C@](CF)(C5CC5)C(N)=N4)c3)nccc2c1. The summed E-state index contributed by atoms with van der Waals surface area (Å²) in [4.78, 5) is 13.0. The highest BCUT2D eigenvalue weighted by atomic mass is 32.2. The number of hydrogen-bond donors (Lipinski definition) is 2. The minimum atomic E-state index is -3.99. The summed E-state index contributed by atoms with van der Waals surface area (Å²) in [5, 5.41) is 3.90. The van der Waals surface area contributed by atoms with E-state index in [1.807, 2.05) is 6.07 Å². The van der Waals surface area contributed by atoms with Crippen LogP contribution in [0.4, 0.5) is 20.3 Å². The van der Waals surface area contributed by atoms with E-state index in [0.29, 0.717) is 35.6 Å². The lowest BCUT2D eigenvalue weighted by molar-refractivity contribution is 0.397. The number of ether oxygens (including phenoxy) is 1. The van der Waals surface area contributed by atoms with Gasteiger partial charge in [0.2, 0.25) is 0 Å². The number of alkyl halides is 1. The van der Waals surface area contributed by atoms with Gasteiger partial charge in [0.25, 0.3) is 0 Å². The molecule has 0 saturated heterocycles. The number of amidine groups is 1. The van der Waals surface area contributed by atoms with Crippen LogP contribution in [0.25, 0.3) is 10.9 Å². The van der Waals surface area contributed by atoms with E-state index in [0.717, 1.165) is 5.39 Å². The van der Waals surface area contributed by atoms with Gasteiger partial charge in [0.1, 0.15) is 29.6 Å². The maximum atomic E-state index is 14.8. The van der Waals surface area contributed by atoms with Crippen molar-refractivity contribution in [2.24, 2.45) is 16.6 Å². The predicted molar refractivity (Wildman–Crippen MR) is 125 cm³/mol. The van der Waals surface area contributed by atoms with Gasteiger partial charge in [-0.1, -0.05) is 0 Å². The van der Waals surface area contributed by atoms with E-state index in [1.165, 1.54) is 18.2 Å². The zero-order valence-corrected chi connectivity index (χ0v) is 19.1. The smallest absolute Gasteiger partial charge is 0.168 e. The molecule has 1 unspecified atom stereocenters. The number of nitrogens with zero attached hydrogens (tertiary/aromatic N) is 3. The maximum Gasteiger partial charge on any atom is 0.168 e. The fourth-order valence-corrected chi connectivity index (χ4v) is 6.77. The average Bonchev–Trinajstić information content (AvgIpc) is 3.65. The number of pyridine rings is 2. The number of methoxy groups -OCH3 is 1. The first kappa shape index (κ1) is 22.5. The van der Waals surface area contributed by atoms with Gasteiger partial charge >= 0.3 is 0 Å². The van der Waals surface area contributed by atoms with Crippen molar-refractivity contribution in [2.75, 3.05) is 24.9 Å². The van der Waals surface area contributed by atoms with Crippen molar-refractivity contribution in [3.63, 3.8) is 0 Å². The van der Waals surface area contributed by atoms with Crippen molar-refractivity contribution in [1.82, 2.24) is 9.97 Å². The molecule has 1 aliphatic carbocycles. The summed E-state index contributed by atoms with van der Waals surface area (Å²) in [6.07, 6.45) is 4.32. The average molecular weight is 488 g/mol. The van der Waals surface area contributed by atoms with Crippen LogP contribution in [0.3, 0.4) is 0 Å². The lowest BCUT2D eigenvalue weighted by Gasteiger charge is -2.36. The van der Waals surface area contributed by atoms with Crippen molar-refractivity contribution < 1.29 is 21.9 Å². The summed E-state index contributed by atoms with van der Waals surface area (Å²) in [5.41, 5.74) is 7.12. The van der Waals surface area contributed by atoms with Crippen molar-refractivity contribution in [1.29, 1.82) is 0 Å². The first-order valence-corrected chi connectivity index (χ1v) is 12.4. The molecule has 3 aromatic rings. The normalized spacial score (nSPS) is 24.0. The third kappa shape index (κ3) is 3.54. The molecule has 34 heavy (non-hydrogen) atoms. The van der Waals surface area contributed by atoms with Crippen molar-refractivity contribution in [3.05, 3.63) is 54.1 Å². The van der Waals surface area contributed by atoms with E-state index in [1.54, 1.807) is 25.6 Å². The van der Waals surface area contributed by atoms with E-state index in [4.69, 9.17) is 10.5 Å². The highest BCUT2D eigenvalue weighted by Gasteiger charge is 2.60. The molecule has 3 heterocycles. The van der Waals surface area contributed by atoms with E-state index in [-0.39, 0.29) is 17.3 Å². The molecule has 5 rings (SSSR count). The Morgan fingerprint density at radius 1 is 1.24 bits per heavy atom. The van der Waals surface area contributed by atoms with E-state index < -0.39 is 38.9 Å². The Hall–Kier alpha value is -3.34. The van der Waals surface area contributed by atoms with Crippen LogP contribution >= 0.6 is 0 Å². The fourth-order valence-electron chi connectivity index (χ4n) is 4.52. The highest BCUT2D eigenvalue weighted by Crippen LogP contribution is 2.48. The van der Waals surface area contributed by atoms with Crippen LogP contribution in [0.2, 0.25) is 0 Å². The number of anilines is 2. The molecule has 1 saturated carbocycles. The molecule has 2 aromatic heterocycles. The Morgan fingerprint density at radius 3 is 2.71 bits per heavy atom. The number of sulfone groups is 1. The molecule has 11 heteroatoms. The molecular weight excluding hydrogens is 464 g/mol. The predicted octanol–water partition coefficient (Wildman–Crippen LogP) is 3.47. The molecule has 1 aliphatic heterocycles. The topological polar surface area (TPSA) is 120 Å². The van der Waals surface area contributed by atoms with Gasteiger partial charge in [-0.3, -0.25) is 4.99 Å². The summed E-state index contributed by atoms with van der Waals surface area (Å²) in [6.45, 7) is -1.13. The molecule has 0 radical (unpaired) electrons. The highest BCUT2D eigenvalue weighted by molar-refractivity contribution is 7.93.